The van der Waals surface area contributed by atoms with Gasteiger partial charge in [-0.1, -0.05) is 0 Å². The van der Waals surface area contributed by atoms with Gasteiger partial charge in [0.1, 0.15) is 0 Å². The number of hydrogen-bond donors (Lipinski definition) is 0. The van der Waals surface area contributed by atoms with E-state index in [1.807, 2.05) is 6.20 Å². The molecular weight excluding hydrogens is 424 g/mol. The molecule has 0 atom stereocenters. The first-order valence-corrected chi connectivity index (χ1v) is 11.3. The predicted octanol–water partition coefficient (Wildman–Crippen LogP) is 4.96. The Morgan fingerprint density at radius 2 is 1.46 bits per heavy atom. The molecule has 1 nitrogen and oxygen atoms in total. The second kappa shape index (κ2) is 4.81. The number of pyridine rings is 1. The van der Waals surface area contributed by atoms with E-state index in [1.165, 1.54) is 49.5 Å². The van der Waals surface area contributed by atoms with Crippen molar-refractivity contribution in [3.63, 3.8) is 0 Å². The number of hydrogen-bond acceptors (Lipinski definition) is 1. The summed E-state index contributed by atoms with van der Waals surface area (Å²) in [6.45, 7) is 0. The summed E-state index contributed by atoms with van der Waals surface area (Å²) in [4.78, 5) is 4.84. The van der Waals surface area contributed by atoms with Crippen molar-refractivity contribution in [2.45, 2.75) is 0 Å². The van der Waals surface area contributed by atoms with Crippen molar-refractivity contribution in [2.24, 2.45) is 0 Å². The molecule has 112 valence electrons. The normalized spacial score (nSPS) is 12.2. The summed E-state index contributed by atoms with van der Waals surface area (Å²) in [5.74, 6) is 0. The van der Waals surface area contributed by atoms with Gasteiger partial charge in [-0.05, 0) is 0 Å². The van der Waals surface area contributed by atoms with Gasteiger partial charge in [-0.3, -0.25) is 0 Å². The monoisotopic (exact) mass is 437 g/mol. The number of benzene rings is 3. The third-order valence-corrected chi connectivity index (χ3v) is 9.59. The Morgan fingerprint density at radius 1 is 0.625 bits per heavy atom. The van der Waals surface area contributed by atoms with Gasteiger partial charge in [0.05, 0.1) is 0 Å². The standard InChI is InChI=1S/C21H11NSe2/c1-2-5-13-12(4-1)8-9-14-20-19-17(10-11-22-20)23-15-6-3-7-16(18(15)19)24-21(13)14/h1-11H. The van der Waals surface area contributed by atoms with Gasteiger partial charge in [-0.25, -0.2) is 0 Å². The molecule has 3 heteroatoms. The zero-order chi connectivity index (χ0) is 15.7. The van der Waals surface area contributed by atoms with Crippen LogP contribution in [-0.4, -0.2) is 34.0 Å². The first-order valence-electron chi connectivity index (χ1n) is 7.90. The summed E-state index contributed by atoms with van der Waals surface area (Å²) in [5, 5.41) is 6.97. The SMILES string of the molecule is c1ccc2c(c1)ccc1c3nccc4[se]c5cccc([se]c21)c5c43. The van der Waals surface area contributed by atoms with Crippen molar-refractivity contribution >= 4 is 78.5 Å². The third-order valence-electron chi connectivity index (χ3n) is 4.72. The molecule has 6 aromatic rings. The van der Waals surface area contributed by atoms with E-state index < -0.39 is 0 Å². The zero-order valence-corrected chi connectivity index (χ0v) is 16.0. The van der Waals surface area contributed by atoms with Crippen molar-refractivity contribution in [1.82, 2.24) is 4.98 Å². The van der Waals surface area contributed by atoms with Crippen LogP contribution < -0.4 is 0 Å². The van der Waals surface area contributed by atoms with Gasteiger partial charge in [0.2, 0.25) is 0 Å². The second-order valence-corrected chi connectivity index (χ2v) is 10.5. The molecule has 6 rings (SSSR count). The fourth-order valence-corrected chi connectivity index (χ4v) is 8.99. The van der Waals surface area contributed by atoms with Crippen LogP contribution in [0, 0.1) is 0 Å². The second-order valence-electron chi connectivity index (χ2n) is 6.03. The van der Waals surface area contributed by atoms with Crippen LogP contribution in [0.3, 0.4) is 0 Å². The Kier molecular flexibility index (Phi) is 2.69. The van der Waals surface area contributed by atoms with Crippen molar-refractivity contribution < 1.29 is 0 Å². The molecule has 3 aromatic carbocycles. The molecule has 0 fully saturated rings. The molecule has 3 aromatic heterocycles. The van der Waals surface area contributed by atoms with Crippen LogP contribution in [0.5, 0.6) is 0 Å². The van der Waals surface area contributed by atoms with Crippen molar-refractivity contribution in [2.75, 3.05) is 0 Å². The number of fused-ring (bicyclic) bond motifs is 4. The molecule has 0 N–H and O–H groups in total. The first-order chi connectivity index (χ1) is 11.9. The van der Waals surface area contributed by atoms with E-state index in [4.69, 9.17) is 4.98 Å². The molecule has 0 aliphatic rings. The van der Waals surface area contributed by atoms with Crippen molar-refractivity contribution in [1.29, 1.82) is 0 Å². The molecule has 3 heterocycles. The fourth-order valence-electron chi connectivity index (χ4n) is 3.67. The summed E-state index contributed by atoms with van der Waals surface area (Å²) in [6, 6.07) is 22.4. The average Bonchev–Trinajstić information content (AvgIpc) is 2.94. The average molecular weight is 435 g/mol. The van der Waals surface area contributed by atoms with Crippen LogP contribution in [0.15, 0.2) is 66.9 Å². The van der Waals surface area contributed by atoms with Crippen LogP contribution in [0.25, 0.3) is 49.5 Å². The quantitative estimate of drug-likeness (QED) is 0.308. The molecule has 0 spiro atoms. The molecule has 0 saturated carbocycles. The molecule has 0 radical (unpaired) electrons. The van der Waals surface area contributed by atoms with E-state index in [2.05, 4.69) is 60.7 Å². The first kappa shape index (κ1) is 13.4. The topological polar surface area (TPSA) is 12.9 Å². The predicted molar refractivity (Wildman–Crippen MR) is 106 cm³/mol. The van der Waals surface area contributed by atoms with Crippen LogP contribution in [-0.2, 0) is 0 Å². The van der Waals surface area contributed by atoms with Gasteiger partial charge in [-0.2, -0.15) is 0 Å². The van der Waals surface area contributed by atoms with Gasteiger partial charge in [-0.15, -0.1) is 0 Å². The van der Waals surface area contributed by atoms with Gasteiger partial charge in [0.15, 0.2) is 0 Å². The van der Waals surface area contributed by atoms with Crippen molar-refractivity contribution in [3.8, 4) is 0 Å². The summed E-state index contributed by atoms with van der Waals surface area (Å²) in [5.41, 5.74) is 1.20. The van der Waals surface area contributed by atoms with Crippen LogP contribution in [0.4, 0.5) is 0 Å². The maximum absolute atomic E-state index is 4.84. The Morgan fingerprint density at radius 3 is 2.42 bits per heavy atom. The van der Waals surface area contributed by atoms with E-state index in [9.17, 15) is 0 Å². The van der Waals surface area contributed by atoms with Gasteiger partial charge >= 0.3 is 150 Å². The third kappa shape index (κ3) is 1.68. The van der Waals surface area contributed by atoms with E-state index in [0.29, 0.717) is 29.0 Å². The molecule has 0 aliphatic carbocycles. The molecule has 0 bridgehead atoms. The summed E-state index contributed by atoms with van der Waals surface area (Å²) in [6.07, 6.45) is 2.00. The van der Waals surface area contributed by atoms with Crippen LogP contribution in [0.2, 0.25) is 0 Å². The molecule has 0 aliphatic heterocycles. The molecule has 0 amide bonds. The van der Waals surface area contributed by atoms with Gasteiger partial charge in [0, 0.05) is 0 Å². The Labute approximate surface area is 150 Å². The molecule has 24 heavy (non-hydrogen) atoms. The van der Waals surface area contributed by atoms with Gasteiger partial charge < -0.3 is 0 Å². The zero-order valence-electron chi connectivity index (χ0n) is 12.6. The summed E-state index contributed by atoms with van der Waals surface area (Å²) >= 11 is 0.725. The Bertz CT molecular complexity index is 1410. The fraction of sp³-hybridized carbons (Fsp3) is 0. The van der Waals surface area contributed by atoms with Crippen LogP contribution >= 0.6 is 0 Å². The number of nitrogens with zero attached hydrogens (tertiary/aromatic N) is 1. The van der Waals surface area contributed by atoms with E-state index in [-0.39, 0.29) is 0 Å². The summed E-state index contributed by atoms with van der Waals surface area (Å²) in [7, 11) is 0. The number of aromatic nitrogens is 1. The molecular formula is C21H11NSe2. The Balaban J connectivity index is 2.08. The van der Waals surface area contributed by atoms with E-state index in [0.717, 1.165) is 0 Å². The van der Waals surface area contributed by atoms with Gasteiger partial charge in [0.25, 0.3) is 0 Å². The molecule has 0 unspecified atom stereocenters. The molecule has 0 saturated heterocycles. The maximum atomic E-state index is 4.84. The minimum absolute atomic E-state index is 0.305. The minimum atomic E-state index is 0.305. The van der Waals surface area contributed by atoms with Crippen LogP contribution in [0.1, 0.15) is 0 Å². The Hall–Kier alpha value is -1.89. The van der Waals surface area contributed by atoms with E-state index >= 15 is 0 Å². The summed E-state index contributed by atoms with van der Waals surface area (Å²) < 4.78 is 6.02. The van der Waals surface area contributed by atoms with E-state index in [1.54, 1.807) is 0 Å². The van der Waals surface area contributed by atoms with Crippen molar-refractivity contribution in [3.05, 3.63) is 66.9 Å². The number of rotatable bonds is 0.